The van der Waals surface area contributed by atoms with E-state index in [2.05, 4.69) is 15.9 Å². The summed E-state index contributed by atoms with van der Waals surface area (Å²) in [5, 5.41) is 0. The van der Waals surface area contributed by atoms with Crippen LogP contribution in [0.1, 0.15) is 42.2 Å². The van der Waals surface area contributed by atoms with E-state index >= 15 is 0 Å². The summed E-state index contributed by atoms with van der Waals surface area (Å²) in [6.45, 7) is 3.64. The second-order valence-electron chi connectivity index (χ2n) is 7.57. The molecule has 3 aromatic rings. The first-order valence-electron chi connectivity index (χ1n) is 10.00. The van der Waals surface area contributed by atoms with Crippen LogP contribution in [0.4, 0.5) is 11.4 Å². The lowest BCUT2D eigenvalue weighted by Crippen LogP contribution is -2.47. The molecule has 0 radical (unpaired) electrons. The molecule has 30 heavy (non-hydrogen) atoms. The van der Waals surface area contributed by atoms with Crippen LogP contribution in [0.5, 0.6) is 0 Å². The zero-order chi connectivity index (χ0) is 21.3. The van der Waals surface area contributed by atoms with Gasteiger partial charge in [0.05, 0.1) is 6.04 Å². The third-order valence-corrected chi connectivity index (χ3v) is 6.03. The van der Waals surface area contributed by atoms with E-state index < -0.39 is 0 Å². The highest BCUT2D eigenvalue weighted by atomic mass is 79.9. The molecule has 0 N–H and O–H groups in total. The van der Waals surface area contributed by atoms with E-state index in [0.29, 0.717) is 12.0 Å². The first-order chi connectivity index (χ1) is 14.5. The molecule has 1 aliphatic heterocycles. The van der Waals surface area contributed by atoms with Crippen LogP contribution < -0.4 is 9.80 Å². The molecule has 0 aliphatic carbocycles. The lowest BCUT2D eigenvalue weighted by molar-refractivity contribution is -0.117. The second kappa shape index (κ2) is 8.44. The Morgan fingerprint density at radius 3 is 2.23 bits per heavy atom. The molecule has 2 unspecified atom stereocenters. The summed E-state index contributed by atoms with van der Waals surface area (Å²) in [5.41, 5.74) is 3.32. The van der Waals surface area contributed by atoms with Gasteiger partial charge in [-0.05, 0) is 61.4 Å². The van der Waals surface area contributed by atoms with Crippen LogP contribution in [0.2, 0.25) is 0 Å². The fourth-order valence-corrected chi connectivity index (χ4v) is 4.63. The van der Waals surface area contributed by atoms with Gasteiger partial charge in [0, 0.05) is 34.4 Å². The van der Waals surface area contributed by atoms with Crippen molar-refractivity contribution in [2.24, 2.45) is 0 Å². The molecule has 0 fully saturated rings. The molecule has 2 atom stereocenters. The lowest BCUT2D eigenvalue weighted by Gasteiger charge is -2.43. The number of hydrogen-bond acceptors (Lipinski definition) is 2. The van der Waals surface area contributed by atoms with Gasteiger partial charge in [-0.15, -0.1) is 0 Å². The first kappa shape index (κ1) is 20.4. The molecular weight excluding hydrogens is 440 g/mol. The van der Waals surface area contributed by atoms with E-state index in [9.17, 15) is 9.59 Å². The summed E-state index contributed by atoms with van der Waals surface area (Å²) < 4.78 is 0.921. The molecule has 0 aromatic heterocycles. The Bertz CT molecular complexity index is 1070. The highest BCUT2D eigenvalue weighted by molar-refractivity contribution is 9.10. The van der Waals surface area contributed by atoms with Crippen LogP contribution in [0.15, 0.2) is 83.3 Å². The maximum atomic E-state index is 13.4. The van der Waals surface area contributed by atoms with Crippen molar-refractivity contribution in [3.63, 3.8) is 0 Å². The van der Waals surface area contributed by atoms with Crippen LogP contribution >= 0.6 is 15.9 Å². The number of anilines is 2. The monoisotopic (exact) mass is 462 g/mol. The highest BCUT2D eigenvalue weighted by Gasteiger charge is 2.38. The topological polar surface area (TPSA) is 40.6 Å². The first-order valence-corrected chi connectivity index (χ1v) is 10.8. The van der Waals surface area contributed by atoms with Crippen LogP contribution in [0.25, 0.3) is 0 Å². The Hall–Kier alpha value is -2.92. The van der Waals surface area contributed by atoms with Crippen LogP contribution in [-0.4, -0.2) is 17.9 Å². The number of carbonyl (C=O) groups excluding carboxylic acids is 2. The summed E-state index contributed by atoms with van der Waals surface area (Å²) in [5.74, 6) is -0.0497. The molecular formula is C25H23BrN2O2. The number of amides is 2. The Balaban J connectivity index is 1.82. The van der Waals surface area contributed by atoms with Gasteiger partial charge >= 0.3 is 0 Å². The minimum absolute atomic E-state index is 0.0211. The number of halogens is 1. The average Bonchev–Trinajstić information content (AvgIpc) is 2.75. The third kappa shape index (κ3) is 3.77. The van der Waals surface area contributed by atoms with Gasteiger partial charge in [-0.2, -0.15) is 0 Å². The Labute approximate surface area is 185 Å². The predicted molar refractivity (Wildman–Crippen MR) is 124 cm³/mol. The number of hydrogen-bond donors (Lipinski definition) is 0. The molecule has 0 spiro atoms. The molecule has 1 aliphatic rings. The van der Waals surface area contributed by atoms with Crippen molar-refractivity contribution < 1.29 is 9.59 Å². The quantitative estimate of drug-likeness (QED) is 0.479. The molecule has 152 valence electrons. The molecule has 4 nitrogen and oxygen atoms in total. The largest absolute Gasteiger partial charge is 0.305 e. The number of nitrogens with zero attached hydrogens (tertiary/aromatic N) is 2. The van der Waals surface area contributed by atoms with Crippen molar-refractivity contribution in [1.29, 1.82) is 0 Å². The number of carbonyl (C=O) groups is 2. The van der Waals surface area contributed by atoms with Gasteiger partial charge in [0.15, 0.2) is 0 Å². The van der Waals surface area contributed by atoms with Crippen molar-refractivity contribution in [2.75, 3.05) is 9.80 Å². The average molecular weight is 463 g/mol. The molecule has 1 heterocycles. The summed E-state index contributed by atoms with van der Waals surface area (Å²) in [6, 6.07) is 24.7. The maximum absolute atomic E-state index is 13.4. The van der Waals surface area contributed by atoms with Gasteiger partial charge in [-0.25, -0.2) is 0 Å². The summed E-state index contributed by atoms with van der Waals surface area (Å²) in [7, 11) is 0. The molecule has 3 aromatic carbocycles. The van der Waals surface area contributed by atoms with Crippen molar-refractivity contribution >= 4 is 39.1 Å². The van der Waals surface area contributed by atoms with Crippen LogP contribution in [0, 0.1) is 0 Å². The van der Waals surface area contributed by atoms with Gasteiger partial charge in [-0.3, -0.25) is 9.59 Å². The van der Waals surface area contributed by atoms with Gasteiger partial charge in [0.1, 0.15) is 0 Å². The molecule has 5 heteroatoms. The molecule has 0 saturated carbocycles. The van der Waals surface area contributed by atoms with Gasteiger partial charge in [0.25, 0.3) is 5.91 Å². The zero-order valence-corrected chi connectivity index (χ0v) is 18.5. The van der Waals surface area contributed by atoms with Gasteiger partial charge in [-0.1, -0.05) is 52.3 Å². The molecule has 0 bridgehead atoms. The zero-order valence-electron chi connectivity index (χ0n) is 17.0. The van der Waals surface area contributed by atoms with Gasteiger partial charge < -0.3 is 9.80 Å². The SMILES string of the molecule is CC(=O)N(c1ccccc1)C1CC(C)N(C(=O)c2ccccc2)c2ccc(Br)cc21. The van der Waals surface area contributed by atoms with E-state index in [-0.39, 0.29) is 23.9 Å². The Morgan fingerprint density at radius 1 is 0.967 bits per heavy atom. The van der Waals surface area contributed by atoms with E-state index in [1.165, 1.54) is 0 Å². The molecule has 4 rings (SSSR count). The fourth-order valence-electron chi connectivity index (χ4n) is 4.25. The standard InChI is InChI=1S/C25H23BrN2O2/c1-17-15-24(28(18(2)29)21-11-7-4-8-12-21)22-16-20(26)13-14-23(22)27(17)25(30)19-9-5-3-6-10-19/h3-14,16-17,24H,15H2,1-2H3. The van der Waals surface area contributed by atoms with Crippen LogP contribution in [0.3, 0.4) is 0 Å². The summed E-state index contributed by atoms with van der Waals surface area (Å²) in [4.78, 5) is 29.8. The minimum atomic E-state index is -0.160. The number of para-hydroxylation sites is 1. The Morgan fingerprint density at radius 2 is 1.60 bits per heavy atom. The smallest absolute Gasteiger partial charge is 0.258 e. The van der Waals surface area contributed by atoms with Crippen molar-refractivity contribution in [3.8, 4) is 0 Å². The van der Waals surface area contributed by atoms with E-state index in [1.54, 1.807) is 6.92 Å². The molecule has 0 saturated heterocycles. The van der Waals surface area contributed by atoms with Crippen molar-refractivity contribution in [1.82, 2.24) is 0 Å². The van der Waals surface area contributed by atoms with Crippen LogP contribution in [-0.2, 0) is 4.79 Å². The van der Waals surface area contributed by atoms with Gasteiger partial charge in [0.2, 0.25) is 5.91 Å². The summed E-state index contributed by atoms with van der Waals surface area (Å²) in [6.07, 6.45) is 0.649. The Kier molecular flexibility index (Phi) is 5.73. The lowest BCUT2D eigenvalue weighted by atomic mass is 9.89. The highest BCUT2D eigenvalue weighted by Crippen LogP contribution is 2.43. The normalized spacial score (nSPS) is 17.9. The number of fused-ring (bicyclic) bond motifs is 1. The molecule has 2 amide bonds. The van der Waals surface area contributed by atoms with E-state index in [1.807, 2.05) is 95.6 Å². The minimum Gasteiger partial charge on any atom is -0.305 e. The van der Waals surface area contributed by atoms with Crippen molar-refractivity contribution in [3.05, 3.63) is 94.5 Å². The van der Waals surface area contributed by atoms with E-state index in [4.69, 9.17) is 0 Å². The number of rotatable bonds is 3. The second-order valence-corrected chi connectivity index (χ2v) is 8.49. The number of benzene rings is 3. The van der Waals surface area contributed by atoms with E-state index in [0.717, 1.165) is 21.4 Å². The maximum Gasteiger partial charge on any atom is 0.258 e. The van der Waals surface area contributed by atoms with Crippen molar-refractivity contribution in [2.45, 2.75) is 32.4 Å². The predicted octanol–water partition coefficient (Wildman–Crippen LogP) is 5.98. The summed E-state index contributed by atoms with van der Waals surface area (Å²) >= 11 is 3.57. The fraction of sp³-hybridized carbons (Fsp3) is 0.200. The third-order valence-electron chi connectivity index (χ3n) is 5.54.